The molecule has 0 spiro atoms. The number of hydrogen-bond donors (Lipinski definition) is 5. The summed E-state index contributed by atoms with van der Waals surface area (Å²) < 4.78 is 1.43. The molecule has 0 unspecified atom stereocenters. The van der Waals surface area contributed by atoms with E-state index < -0.39 is 0 Å². The summed E-state index contributed by atoms with van der Waals surface area (Å²) in [4.78, 5) is 25.8. The second kappa shape index (κ2) is 9.80. The number of hydrazine groups is 1. The number of carbonyl (C=O) groups excluding carboxylic acids is 1. The van der Waals surface area contributed by atoms with E-state index in [2.05, 4.69) is 10.7 Å². The van der Waals surface area contributed by atoms with E-state index >= 15 is 0 Å². The Hall–Kier alpha value is -4.11. The first-order valence-electron chi connectivity index (χ1n) is 9.98. The summed E-state index contributed by atoms with van der Waals surface area (Å²) in [6.07, 6.45) is 0. The number of nitrogens with two attached hydrogens (primary N) is 2. The van der Waals surface area contributed by atoms with Gasteiger partial charge >= 0.3 is 0 Å². The maximum absolute atomic E-state index is 13.1. The second-order valence-corrected chi connectivity index (χ2v) is 7.54. The molecule has 32 heavy (non-hydrogen) atoms. The predicted molar refractivity (Wildman–Crippen MR) is 127 cm³/mol. The molecule has 0 atom stereocenters. The van der Waals surface area contributed by atoms with E-state index in [0.717, 1.165) is 11.1 Å². The van der Waals surface area contributed by atoms with Crippen molar-refractivity contribution in [1.29, 1.82) is 5.41 Å². The summed E-state index contributed by atoms with van der Waals surface area (Å²) in [6, 6.07) is 17.7. The van der Waals surface area contributed by atoms with Crippen molar-refractivity contribution in [2.24, 2.45) is 5.73 Å². The molecular formula is C23H27N7O2. The van der Waals surface area contributed by atoms with E-state index in [9.17, 15) is 9.59 Å². The largest absolute Gasteiger partial charge is 0.399 e. The highest BCUT2D eigenvalue weighted by atomic mass is 16.2. The predicted octanol–water partition coefficient (Wildman–Crippen LogP) is 1.59. The van der Waals surface area contributed by atoms with Crippen LogP contribution in [0, 0.1) is 5.41 Å². The Kier molecular flexibility index (Phi) is 6.91. The van der Waals surface area contributed by atoms with Crippen molar-refractivity contribution in [3.8, 4) is 11.3 Å². The molecule has 1 aromatic heterocycles. The molecule has 3 rings (SSSR count). The zero-order valence-electron chi connectivity index (χ0n) is 18.1. The van der Waals surface area contributed by atoms with Crippen molar-refractivity contribution < 1.29 is 4.79 Å². The zero-order valence-corrected chi connectivity index (χ0v) is 18.1. The highest BCUT2D eigenvalue weighted by Gasteiger charge is 2.14. The number of nitrogens with zero attached hydrogens (tertiary/aromatic N) is 2. The fourth-order valence-electron chi connectivity index (χ4n) is 3.21. The third-order valence-electron chi connectivity index (χ3n) is 4.76. The SMILES string of the molecule is CN(C)Nc1ccc(-c2cccc(N)c2)n(CC(=O)NCc2ccc(C(=N)N)cc2)c1=O. The van der Waals surface area contributed by atoms with E-state index in [1.807, 2.05) is 6.07 Å². The van der Waals surface area contributed by atoms with Crippen LogP contribution in [-0.2, 0) is 17.9 Å². The molecule has 9 heteroatoms. The standard InChI is InChI=1S/C23H27N7O2/c1-29(2)28-19-10-11-20(17-4-3-5-18(24)12-17)30(23(19)32)14-21(31)27-13-15-6-8-16(9-7-15)22(25)26/h3-12,28H,13-14,24H2,1-2H3,(H3,25,26)(H,27,31). The van der Waals surface area contributed by atoms with E-state index in [0.29, 0.717) is 22.6 Å². The van der Waals surface area contributed by atoms with Crippen LogP contribution in [0.5, 0.6) is 0 Å². The van der Waals surface area contributed by atoms with Gasteiger partial charge in [-0.1, -0.05) is 36.4 Å². The van der Waals surface area contributed by atoms with E-state index in [4.69, 9.17) is 16.9 Å². The van der Waals surface area contributed by atoms with E-state index in [1.54, 1.807) is 73.7 Å². The molecule has 0 fully saturated rings. The molecule has 0 saturated heterocycles. The molecule has 0 aliphatic carbocycles. The number of nitrogens with one attached hydrogen (secondary N) is 3. The summed E-state index contributed by atoms with van der Waals surface area (Å²) in [5.74, 6) is -0.324. The van der Waals surface area contributed by atoms with Gasteiger partial charge in [0, 0.05) is 37.5 Å². The Morgan fingerprint density at radius 1 is 1.09 bits per heavy atom. The number of hydrogen-bond acceptors (Lipinski definition) is 6. The lowest BCUT2D eigenvalue weighted by Crippen LogP contribution is -2.35. The van der Waals surface area contributed by atoms with Gasteiger partial charge < -0.3 is 22.2 Å². The van der Waals surface area contributed by atoms with Gasteiger partial charge in [-0.05, 0) is 29.8 Å². The number of carbonyl (C=O) groups is 1. The Morgan fingerprint density at radius 3 is 2.44 bits per heavy atom. The normalized spacial score (nSPS) is 10.7. The molecule has 1 heterocycles. The van der Waals surface area contributed by atoms with Gasteiger partial charge in [0.1, 0.15) is 18.1 Å². The van der Waals surface area contributed by atoms with Crippen LogP contribution >= 0.6 is 0 Å². The van der Waals surface area contributed by atoms with Crippen LogP contribution in [0.1, 0.15) is 11.1 Å². The highest BCUT2D eigenvalue weighted by Crippen LogP contribution is 2.21. The van der Waals surface area contributed by atoms with Gasteiger partial charge in [-0.3, -0.25) is 19.6 Å². The molecule has 0 aliphatic rings. The number of anilines is 2. The molecule has 9 nitrogen and oxygen atoms in total. The minimum absolute atomic E-state index is 0.0137. The van der Waals surface area contributed by atoms with Crippen molar-refractivity contribution >= 4 is 23.1 Å². The first-order valence-corrected chi connectivity index (χ1v) is 9.98. The van der Waals surface area contributed by atoms with Crippen molar-refractivity contribution in [1.82, 2.24) is 14.9 Å². The van der Waals surface area contributed by atoms with Crippen LogP contribution < -0.4 is 27.8 Å². The molecule has 0 aliphatic heterocycles. The minimum atomic E-state index is -0.320. The van der Waals surface area contributed by atoms with Gasteiger partial charge in [-0.2, -0.15) is 0 Å². The average Bonchev–Trinajstić information content (AvgIpc) is 2.75. The number of benzene rings is 2. The third kappa shape index (κ3) is 5.52. The molecule has 1 amide bonds. The van der Waals surface area contributed by atoms with Crippen LogP contribution in [-0.4, -0.2) is 35.4 Å². The summed E-state index contributed by atoms with van der Waals surface area (Å²) in [5, 5.41) is 11.9. The number of pyridine rings is 1. The number of aromatic nitrogens is 1. The van der Waals surface area contributed by atoms with Gasteiger partial charge in [0.2, 0.25) is 5.91 Å². The van der Waals surface area contributed by atoms with Crippen molar-refractivity contribution in [2.45, 2.75) is 13.1 Å². The zero-order chi connectivity index (χ0) is 23.3. The lowest BCUT2D eigenvalue weighted by molar-refractivity contribution is -0.121. The van der Waals surface area contributed by atoms with Crippen LogP contribution in [0.4, 0.5) is 11.4 Å². The van der Waals surface area contributed by atoms with E-state index in [-0.39, 0.29) is 30.4 Å². The Morgan fingerprint density at radius 2 is 1.81 bits per heavy atom. The lowest BCUT2D eigenvalue weighted by Gasteiger charge is -2.18. The van der Waals surface area contributed by atoms with Crippen molar-refractivity contribution in [2.75, 3.05) is 25.3 Å². The molecule has 166 valence electrons. The molecule has 0 bridgehead atoms. The number of nitrogen functional groups attached to an aromatic ring is 2. The molecule has 2 aromatic carbocycles. The summed E-state index contributed by atoms with van der Waals surface area (Å²) in [6.45, 7) is 0.131. The maximum atomic E-state index is 13.1. The monoisotopic (exact) mass is 433 g/mol. The smallest absolute Gasteiger partial charge is 0.276 e. The van der Waals surface area contributed by atoms with Gasteiger partial charge in [-0.25, -0.2) is 5.01 Å². The Labute approximate surface area is 186 Å². The molecule has 0 saturated carbocycles. The molecular weight excluding hydrogens is 406 g/mol. The molecule has 7 N–H and O–H groups in total. The molecule has 3 aromatic rings. The fourth-order valence-corrected chi connectivity index (χ4v) is 3.21. The first kappa shape index (κ1) is 22.6. The average molecular weight is 434 g/mol. The van der Waals surface area contributed by atoms with Crippen molar-refractivity contribution in [3.63, 3.8) is 0 Å². The number of amidine groups is 1. The van der Waals surface area contributed by atoms with Gasteiger partial charge in [-0.15, -0.1) is 0 Å². The van der Waals surface area contributed by atoms with Gasteiger partial charge in [0.15, 0.2) is 0 Å². The molecule has 0 radical (unpaired) electrons. The summed E-state index contributed by atoms with van der Waals surface area (Å²) in [7, 11) is 3.55. The number of amides is 1. The van der Waals surface area contributed by atoms with Crippen LogP contribution in [0.15, 0.2) is 65.5 Å². The fraction of sp³-hybridized carbons (Fsp3) is 0.174. The Bertz CT molecular complexity index is 1180. The van der Waals surface area contributed by atoms with Gasteiger partial charge in [0.05, 0.1) is 5.69 Å². The quantitative estimate of drug-likeness (QED) is 0.158. The summed E-state index contributed by atoms with van der Waals surface area (Å²) >= 11 is 0. The third-order valence-corrected chi connectivity index (χ3v) is 4.76. The highest BCUT2D eigenvalue weighted by molar-refractivity contribution is 5.94. The second-order valence-electron chi connectivity index (χ2n) is 7.54. The maximum Gasteiger partial charge on any atom is 0.276 e. The van der Waals surface area contributed by atoms with Crippen LogP contribution in [0.25, 0.3) is 11.3 Å². The minimum Gasteiger partial charge on any atom is -0.399 e. The lowest BCUT2D eigenvalue weighted by atomic mass is 10.1. The summed E-state index contributed by atoms with van der Waals surface area (Å²) in [5.41, 5.74) is 17.8. The van der Waals surface area contributed by atoms with Crippen LogP contribution in [0.3, 0.4) is 0 Å². The van der Waals surface area contributed by atoms with Crippen molar-refractivity contribution in [3.05, 3.63) is 82.1 Å². The Balaban J connectivity index is 1.84. The topological polar surface area (TPSA) is 142 Å². The van der Waals surface area contributed by atoms with Crippen LogP contribution in [0.2, 0.25) is 0 Å². The number of rotatable bonds is 8. The first-order chi connectivity index (χ1) is 15.2. The van der Waals surface area contributed by atoms with Gasteiger partial charge in [0.25, 0.3) is 5.56 Å². The van der Waals surface area contributed by atoms with E-state index in [1.165, 1.54) is 4.57 Å².